The molecule has 0 saturated carbocycles. The smallest absolute Gasteiger partial charge is 0.159 e. The average Bonchev–Trinajstić information content (AvgIpc) is 2.75. The van der Waals surface area contributed by atoms with Gasteiger partial charge in [0.25, 0.3) is 0 Å². The lowest BCUT2D eigenvalue weighted by Crippen LogP contribution is -1.96. The third-order valence-corrected chi connectivity index (χ3v) is 3.80. The number of hydrogen-bond donors (Lipinski definition) is 0. The summed E-state index contributed by atoms with van der Waals surface area (Å²) in [6.45, 7) is 0. The standard InChI is InChI=1S/C20H15N5O/c1-26-15-12-23-20(24-13-15)14-10-18(16-6-2-4-8-21-16)25-19(11-14)17-7-3-5-9-22-17/h2-13H,1H3. The van der Waals surface area contributed by atoms with E-state index in [4.69, 9.17) is 9.72 Å². The predicted molar refractivity (Wildman–Crippen MR) is 98.3 cm³/mol. The second-order valence-electron chi connectivity index (χ2n) is 5.50. The zero-order valence-corrected chi connectivity index (χ0v) is 14.1. The summed E-state index contributed by atoms with van der Waals surface area (Å²) in [6, 6.07) is 15.3. The van der Waals surface area contributed by atoms with E-state index in [1.807, 2.05) is 48.5 Å². The van der Waals surface area contributed by atoms with Gasteiger partial charge >= 0.3 is 0 Å². The van der Waals surface area contributed by atoms with Gasteiger partial charge in [-0.05, 0) is 36.4 Å². The molecule has 0 saturated heterocycles. The summed E-state index contributed by atoms with van der Waals surface area (Å²) in [7, 11) is 1.59. The molecule has 4 rings (SSSR count). The third kappa shape index (κ3) is 3.25. The maximum absolute atomic E-state index is 5.13. The Labute approximate surface area is 150 Å². The summed E-state index contributed by atoms with van der Waals surface area (Å²) >= 11 is 0. The normalized spacial score (nSPS) is 10.5. The van der Waals surface area contributed by atoms with Crippen molar-refractivity contribution in [3.05, 3.63) is 73.3 Å². The zero-order valence-electron chi connectivity index (χ0n) is 14.1. The molecule has 0 aliphatic heterocycles. The number of methoxy groups -OCH3 is 1. The lowest BCUT2D eigenvalue weighted by molar-refractivity contribution is 0.411. The highest BCUT2D eigenvalue weighted by molar-refractivity contribution is 5.71. The molecule has 0 spiro atoms. The molecule has 0 unspecified atom stereocenters. The third-order valence-electron chi connectivity index (χ3n) is 3.80. The van der Waals surface area contributed by atoms with E-state index in [-0.39, 0.29) is 0 Å². The first-order valence-corrected chi connectivity index (χ1v) is 8.05. The van der Waals surface area contributed by atoms with E-state index in [0.717, 1.165) is 28.3 Å². The van der Waals surface area contributed by atoms with Crippen molar-refractivity contribution >= 4 is 0 Å². The van der Waals surface area contributed by atoms with Gasteiger partial charge in [-0.3, -0.25) is 9.97 Å². The summed E-state index contributed by atoms with van der Waals surface area (Å²) in [5.74, 6) is 1.19. The van der Waals surface area contributed by atoms with Crippen LogP contribution in [0, 0.1) is 0 Å². The number of aromatic nitrogens is 5. The number of pyridine rings is 3. The van der Waals surface area contributed by atoms with Crippen LogP contribution >= 0.6 is 0 Å². The lowest BCUT2D eigenvalue weighted by atomic mass is 10.1. The monoisotopic (exact) mass is 341 g/mol. The van der Waals surface area contributed by atoms with Crippen LogP contribution in [0.1, 0.15) is 0 Å². The molecule has 6 nitrogen and oxygen atoms in total. The quantitative estimate of drug-likeness (QED) is 0.564. The highest BCUT2D eigenvalue weighted by atomic mass is 16.5. The molecule has 0 bridgehead atoms. The van der Waals surface area contributed by atoms with Gasteiger partial charge < -0.3 is 4.74 Å². The van der Waals surface area contributed by atoms with Crippen LogP contribution in [0.3, 0.4) is 0 Å². The lowest BCUT2D eigenvalue weighted by Gasteiger charge is -2.08. The number of nitrogens with zero attached hydrogens (tertiary/aromatic N) is 5. The molecule has 0 amide bonds. The molecule has 126 valence electrons. The van der Waals surface area contributed by atoms with E-state index >= 15 is 0 Å². The van der Waals surface area contributed by atoms with Crippen molar-refractivity contribution in [3.8, 4) is 39.9 Å². The van der Waals surface area contributed by atoms with Crippen LogP contribution in [0.25, 0.3) is 34.2 Å². The first-order valence-electron chi connectivity index (χ1n) is 8.05. The molecule has 0 radical (unpaired) electrons. The highest BCUT2D eigenvalue weighted by Crippen LogP contribution is 2.27. The van der Waals surface area contributed by atoms with E-state index in [1.54, 1.807) is 31.9 Å². The van der Waals surface area contributed by atoms with Crippen LogP contribution in [0.4, 0.5) is 0 Å². The molecule has 0 N–H and O–H groups in total. The summed E-state index contributed by atoms with van der Waals surface area (Å²) in [4.78, 5) is 22.3. The van der Waals surface area contributed by atoms with Crippen molar-refractivity contribution in [2.75, 3.05) is 7.11 Å². The van der Waals surface area contributed by atoms with E-state index in [1.165, 1.54) is 0 Å². The molecule has 0 aromatic carbocycles. The van der Waals surface area contributed by atoms with E-state index in [2.05, 4.69) is 19.9 Å². The molecule has 6 heteroatoms. The van der Waals surface area contributed by atoms with Crippen molar-refractivity contribution < 1.29 is 4.74 Å². The molecule has 0 aliphatic rings. The van der Waals surface area contributed by atoms with E-state index in [0.29, 0.717) is 11.6 Å². The Morgan fingerprint density at radius 3 is 1.73 bits per heavy atom. The Kier molecular flexibility index (Phi) is 4.30. The van der Waals surface area contributed by atoms with Gasteiger partial charge in [-0.1, -0.05) is 12.1 Å². The predicted octanol–water partition coefficient (Wildman–Crippen LogP) is 3.67. The molecule has 4 aromatic rings. The van der Waals surface area contributed by atoms with Crippen molar-refractivity contribution in [2.24, 2.45) is 0 Å². The molecule has 0 atom stereocenters. The largest absolute Gasteiger partial charge is 0.494 e. The fourth-order valence-corrected chi connectivity index (χ4v) is 2.52. The minimum Gasteiger partial charge on any atom is -0.494 e. The maximum atomic E-state index is 5.13. The van der Waals surface area contributed by atoms with E-state index < -0.39 is 0 Å². The number of ether oxygens (including phenoxy) is 1. The zero-order chi connectivity index (χ0) is 17.8. The van der Waals surface area contributed by atoms with Crippen LogP contribution in [-0.4, -0.2) is 32.0 Å². The van der Waals surface area contributed by atoms with Crippen LogP contribution in [0.2, 0.25) is 0 Å². The fourth-order valence-electron chi connectivity index (χ4n) is 2.52. The minimum absolute atomic E-state index is 0.586. The Hall–Kier alpha value is -3.67. The topological polar surface area (TPSA) is 73.7 Å². The second-order valence-corrected chi connectivity index (χ2v) is 5.50. The van der Waals surface area contributed by atoms with Gasteiger partial charge in [0.05, 0.1) is 42.3 Å². The first-order chi connectivity index (χ1) is 12.8. The molecule has 4 aromatic heterocycles. The molecule has 0 aliphatic carbocycles. The molecular formula is C20H15N5O. The van der Waals surface area contributed by atoms with Gasteiger partial charge in [-0.25, -0.2) is 15.0 Å². The van der Waals surface area contributed by atoms with Gasteiger partial charge in [0.2, 0.25) is 0 Å². The number of rotatable bonds is 4. The van der Waals surface area contributed by atoms with Crippen molar-refractivity contribution in [1.82, 2.24) is 24.9 Å². The second kappa shape index (κ2) is 7.06. The minimum atomic E-state index is 0.586. The van der Waals surface area contributed by atoms with Crippen molar-refractivity contribution in [3.63, 3.8) is 0 Å². The summed E-state index contributed by atoms with van der Waals surface area (Å²) in [5, 5.41) is 0. The Bertz CT molecular complexity index is 948. The van der Waals surface area contributed by atoms with Crippen molar-refractivity contribution in [2.45, 2.75) is 0 Å². The average molecular weight is 341 g/mol. The van der Waals surface area contributed by atoms with Gasteiger partial charge in [0.15, 0.2) is 11.6 Å². The van der Waals surface area contributed by atoms with Gasteiger partial charge in [-0.15, -0.1) is 0 Å². The van der Waals surface area contributed by atoms with Crippen LogP contribution in [0.15, 0.2) is 73.3 Å². The molecule has 0 fully saturated rings. The van der Waals surface area contributed by atoms with Gasteiger partial charge in [0, 0.05) is 18.0 Å². The highest BCUT2D eigenvalue weighted by Gasteiger charge is 2.11. The van der Waals surface area contributed by atoms with E-state index in [9.17, 15) is 0 Å². The van der Waals surface area contributed by atoms with Gasteiger partial charge in [0.1, 0.15) is 0 Å². The number of hydrogen-bond acceptors (Lipinski definition) is 6. The summed E-state index contributed by atoms with van der Waals surface area (Å²) in [6.07, 6.45) is 6.77. The van der Waals surface area contributed by atoms with Gasteiger partial charge in [-0.2, -0.15) is 0 Å². The Balaban J connectivity index is 1.87. The first kappa shape index (κ1) is 15.8. The fraction of sp³-hybridized carbons (Fsp3) is 0.0500. The van der Waals surface area contributed by atoms with Crippen LogP contribution in [-0.2, 0) is 0 Å². The maximum Gasteiger partial charge on any atom is 0.159 e. The van der Waals surface area contributed by atoms with Crippen molar-refractivity contribution in [1.29, 1.82) is 0 Å². The van der Waals surface area contributed by atoms with Crippen LogP contribution in [0.5, 0.6) is 5.75 Å². The van der Waals surface area contributed by atoms with Crippen LogP contribution < -0.4 is 4.74 Å². The Morgan fingerprint density at radius 1 is 0.692 bits per heavy atom. The SMILES string of the molecule is COc1cnc(-c2cc(-c3ccccn3)nc(-c3ccccn3)c2)nc1. The molecular weight excluding hydrogens is 326 g/mol. The Morgan fingerprint density at radius 2 is 1.27 bits per heavy atom. The summed E-state index contributed by atoms with van der Waals surface area (Å²) < 4.78 is 5.13. The molecule has 4 heterocycles. The molecule has 26 heavy (non-hydrogen) atoms. The summed E-state index contributed by atoms with van der Waals surface area (Å²) in [5.41, 5.74) is 3.87.